The van der Waals surface area contributed by atoms with Crippen molar-refractivity contribution >= 4 is 23.1 Å². The number of nitrogens with zero attached hydrogens (tertiary/aromatic N) is 2. The van der Waals surface area contributed by atoms with Gasteiger partial charge in [-0.2, -0.15) is 0 Å². The van der Waals surface area contributed by atoms with Crippen LogP contribution in [0.5, 0.6) is 0 Å². The highest BCUT2D eigenvalue weighted by Crippen LogP contribution is 2.31. The number of carbonyl (C=O) groups is 1. The third-order valence-electron chi connectivity index (χ3n) is 4.49. The Bertz CT molecular complexity index is 643. The van der Waals surface area contributed by atoms with Crippen molar-refractivity contribution in [3.8, 4) is 0 Å². The van der Waals surface area contributed by atoms with E-state index in [0.717, 1.165) is 23.5 Å². The van der Waals surface area contributed by atoms with E-state index in [9.17, 15) is 9.35 Å². The average molecular weight is 367 g/mol. The molecular formula is C18H30N4O2S. The van der Waals surface area contributed by atoms with E-state index in [2.05, 4.69) is 23.9 Å². The molecule has 0 spiro atoms. The lowest BCUT2D eigenvalue weighted by Gasteiger charge is -2.29. The smallest absolute Gasteiger partial charge is 0.252 e. The van der Waals surface area contributed by atoms with Gasteiger partial charge in [-0.05, 0) is 47.1 Å². The van der Waals surface area contributed by atoms with Crippen molar-refractivity contribution < 1.29 is 9.35 Å². The van der Waals surface area contributed by atoms with Gasteiger partial charge in [0.1, 0.15) is 10.6 Å². The molecule has 1 aromatic heterocycles. The molecule has 1 aromatic rings. The van der Waals surface area contributed by atoms with E-state index in [1.54, 1.807) is 0 Å². The van der Waals surface area contributed by atoms with Gasteiger partial charge in [0.15, 0.2) is 0 Å². The SMILES string of the molecule is CCC(N[S+]([O-])C(C)(C)C)c1nc(N(C)C(C)C)cc2c1CNC2=O. The molecule has 0 saturated heterocycles. The minimum absolute atomic E-state index is 0.0659. The molecule has 2 heterocycles. The summed E-state index contributed by atoms with van der Waals surface area (Å²) in [6, 6.07) is 1.95. The number of fused-ring (bicyclic) bond motifs is 1. The molecule has 2 atom stereocenters. The van der Waals surface area contributed by atoms with Crippen LogP contribution >= 0.6 is 0 Å². The quantitative estimate of drug-likeness (QED) is 0.757. The molecule has 140 valence electrons. The largest absolute Gasteiger partial charge is 0.598 e. The van der Waals surface area contributed by atoms with Gasteiger partial charge in [-0.1, -0.05) is 6.92 Å². The van der Waals surface area contributed by atoms with Gasteiger partial charge in [0.2, 0.25) is 0 Å². The van der Waals surface area contributed by atoms with Gasteiger partial charge >= 0.3 is 0 Å². The summed E-state index contributed by atoms with van der Waals surface area (Å²) in [4.78, 5) is 19.1. The zero-order valence-corrected chi connectivity index (χ0v) is 17.1. The summed E-state index contributed by atoms with van der Waals surface area (Å²) in [5, 5.41) is 2.88. The molecule has 0 radical (unpaired) electrons. The Morgan fingerprint density at radius 1 is 1.44 bits per heavy atom. The van der Waals surface area contributed by atoms with Gasteiger partial charge in [-0.15, -0.1) is 4.72 Å². The number of anilines is 1. The zero-order valence-electron chi connectivity index (χ0n) is 16.3. The Hall–Kier alpha value is -1.31. The van der Waals surface area contributed by atoms with Gasteiger partial charge < -0.3 is 14.8 Å². The minimum atomic E-state index is -1.21. The first kappa shape index (κ1) is 20.0. The fourth-order valence-corrected chi connectivity index (χ4v) is 3.49. The Balaban J connectivity index is 2.47. The zero-order chi connectivity index (χ0) is 18.9. The van der Waals surface area contributed by atoms with Gasteiger partial charge in [-0.25, -0.2) is 4.98 Å². The van der Waals surface area contributed by atoms with Crippen LogP contribution in [-0.4, -0.2) is 33.3 Å². The van der Waals surface area contributed by atoms with Crippen molar-refractivity contribution in [3.05, 3.63) is 22.9 Å². The molecular weight excluding hydrogens is 336 g/mol. The molecule has 25 heavy (non-hydrogen) atoms. The van der Waals surface area contributed by atoms with E-state index in [1.165, 1.54) is 0 Å². The number of pyridine rings is 1. The molecule has 0 fully saturated rings. The van der Waals surface area contributed by atoms with E-state index < -0.39 is 11.4 Å². The second-order valence-corrected chi connectivity index (χ2v) is 9.74. The van der Waals surface area contributed by atoms with Crippen LogP contribution in [0.15, 0.2) is 6.07 Å². The molecule has 2 rings (SSSR count). The predicted molar refractivity (Wildman–Crippen MR) is 103 cm³/mol. The first-order valence-corrected chi connectivity index (χ1v) is 9.94. The van der Waals surface area contributed by atoms with E-state index in [1.807, 2.05) is 45.7 Å². The number of hydrogen-bond acceptors (Lipinski definition) is 5. The highest BCUT2D eigenvalue weighted by atomic mass is 32.2. The Labute approximate surface area is 154 Å². The van der Waals surface area contributed by atoms with Crippen LogP contribution in [0.25, 0.3) is 0 Å². The third-order valence-corrected chi connectivity index (χ3v) is 6.10. The molecule has 2 unspecified atom stereocenters. The van der Waals surface area contributed by atoms with Crippen LogP contribution in [-0.2, 0) is 17.9 Å². The summed E-state index contributed by atoms with van der Waals surface area (Å²) < 4.78 is 15.4. The van der Waals surface area contributed by atoms with Crippen LogP contribution < -0.4 is 14.9 Å². The Kier molecular flexibility index (Phi) is 6.01. The van der Waals surface area contributed by atoms with Crippen molar-refractivity contribution in [3.63, 3.8) is 0 Å². The molecule has 1 aliphatic rings. The van der Waals surface area contributed by atoms with Gasteiger partial charge in [0, 0.05) is 42.1 Å². The Morgan fingerprint density at radius 3 is 2.60 bits per heavy atom. The van der Waals surface area contributed by atoms with Crippen LogP contribution in [0.3, 0.4) is 0 Å². The van der Waals surface area contributed by atoms with Gasteiger partial charge in [0.05, 0.1) is 11.7 Å². The number of aromatic nitrogens is 1. The number of nitrogens with one attached hydrogen (secondary N) is 2. The summed E-state index contributed by atoms with van der Waals surface area (Å²) in [7, 11) is 1.97. The lowest BCUT2D eigenvalue weighted by atomic mass is 10.0. The van der Waals surface area contributed by atoms with Crippen LogP contribution in [0.4, 0.5) is 5.82 Å². The van der Waals surface area contributed by atoms with Crippen LogP contribution in [0.1, 0.15) is 75.6 Å². The molecule has 1 aliphatic heterocycles. The van der Waals surface area contributed by atoms with Crippen molar-refractivity contribution in [2.24, 2.45) is 0 Å². The second kappa shape index (κ2) is 7.51. The minimum Gasteiger partial charge on any atom is -0.598 e. The summed E-state index contributed by atoms with van der Waals surface area (Å²) in [5.74, 6) is 0.700. The first-order valence-electron chi connectivity index (χ1n) is 8.79. The Morgan fingerprint density at radius 2 is 2.08 bits per heavy atom. The number of amides is 1. The number of carbonyl (C=O) groups excluding carboxylic acids is 1. The van der Waals surface area contributed by atoms with Gasteiger partial charge in [-0.3, -0.25) is 4.79 Å². The molecule has 0 bridgehead atoms. The van der Waals surface area contributed by atoms with Crippen molar-refractivity contribution in [2.45, 2.75) is 71.3 Å². The van der Waals surface area contributed by atoms with Crippen LogP contribution in [0.2, 0.25) is 0 Å². The summed E-state index contributed by atoms with van der Waals surface area (Å²) in [6.07, 6.45) is 0.740. The summed E-state index contributed by atoms with van der Waals surface area (Å²) in [6.45, 7) is 12.5. The van der Waals surface area contributed by atoms with E-state index >= 15 is 0 Å². The van der Waals surface area contributed by atoms with Crippen molar-refractivity contribution in [2.75, 3.05) is 11.9 Å². The van der Waals surface area contributed by atoms with E-state index in [0.29, 0.717) is 12.1 Å². The molecule has 7 heteroatoms. The fraction of sp³-hybridized carbons (Fsp3) is 0.667. The second-order valence-electron chi connectivity index (χ2n) is 7.74. The highest BCUT2D eigenvalue weighted by Gasteiger charge is 2.33. The summed E-state index contributed by atoms with van der Waals surface area (Å²) >= 11 is -1.21. The maximum Gasteiger partial charge on any atom is 0.252 e. The van der Waals surface area contributed by atoms with E-state index in [-0.39, 0.29) is 22.7 Å². The lowest BCUT2D eigenvalue weighted by molar-refractivity contribution is 0.0965. The highest BCUT2D eigenvalue weighted by molar-refractivity contribution is 7.90. The first-order chi connectivity index (χ1) is 11.6. The molecule has 6 nitrogen and oxygen atoms in total. The maximum atomic E-state index is 12.6. The van der Waals surface area contributed by atoms with Crippen molar-refractivity contribution in [1.82, 2.24) is 15.0 Å². The topological polar surface area (TPSA) is 80.3 Å². The summed E-state index contributed by atoms with van der Waals surface area (Å²) in [5.41, 5.74) is 2.41. The molecule has 2 N–H and O–H groups in total. The van der Waals surface area contributed by atoms with Crippen molar-refractivity contribution in [1.29, 1.82) is 0 Å². The van der Waals surface area contributed by atoms with Crippen LogP contribution in [0, 0.1) is 0 Å². The lowest BCUT2D eigenvalue weighted by Crippen LogP contribution is -2.41. The standard InChI is InChI=1S/C18H30N4O2S/c1-8-14(21-25(24)18(4,5)6)16-13-10-19-17(23)12(13)9-15(20-16)22(7)11(2)3/h9,11,14,21H,8,10H2,1-7H3,(H,19,23). The maximum absolute atomic E-state index is 12.6. The molecule has 0 aromatic carbocycles. The normalized spacial score (nSPS) is 16.6. The molecule has 0 saturated carbocycles. The third kappa shape index (κ3) is 4.27. The van der Waals surface area contributed by atoms with E-state index in [4.69, 9.17) is 4.98 Å². The predicted octanol–water partition coefficient (Wildman–Crippen LogP) is 2.67. The number of hydrogen-bond donors (Lipinski definition) is 2. The molecule has 0 aliphatic carbocycles. The molecule has 1 amide bonds. The fourth-order valence-electron chi connectivity index (χ4n) is 2.60. The van der Waals surface area contributed by atoms with Gasteiger partial charge in [0.25, 0.3) is 5.91 Å². The monoisotopic (exact) mass is 366 g/mol. The average Bonchev–Trinajstić information content (AvgIpc) is 2.91. The number of rotatable bonds is 6.